The van der Waals surface area contributed by atoms with Crippen molar-refractivity contribution in [3.63, 3.8) is 0 Å². The number of thiazole rings is 1. The molecule has 1 amide bonds. The number of aliphatic hydroxyl groups excluding tert-OH is 1. The van der Waals surface area contributed by atoms with Crippen molar-refractivity contribution in [1.29, 1.82) is 0 Å². The summed E-state index contributed by atoms with van der Waals surface area (Å²) in [4.78, 5) is 23.7. The summed E-state index contributed by atoms with van der Waals surface area (Å²) in [7, 11) is 1.36. The number of β-amino-alcohol motifs (C(OH)–C–C–N with tert-alkyl or cyclic N) is 1. The molecule has 0 bridgehead atoms. The molecule has 46 heavy (non-hydrogen) atoms. The third-order valence-corrected chi connectivity index (χ3v) is 9.88. The van der Waals surface area contributed by atoms with E-state index in [1.54, 1.807) is 43.5 Å². The second-order valence-electron chi connectivity index (χ2n) is 11.1. The van der Waals surface area contributed by atoms with E-state index in [0.717, 1.165) is 37.3 Å². The van der Waals surface area contributed by atoms with Crippen molar-refractivity contribution in [3.8, 4) is 17.0 Å². The molecular formula is C32H40N6O6S2. The van der Waals surface area contributed by atoms with Gasteiger partial charge in [0.1, 0.15) is 12.4 Å². The van der Waals surface area contributed by atoms with Crippen molar-refractivity contribution in [2.45, 2.75) is 4.90 Å². The minimum absolute atomic E-state index is 0.131. The van der Waals surface area contributed by atoms with Crippen LogP contribution in [-0.4, -0.2) is 115 Å². The molecule has 0 unspecified atom stereocenters. The predicted molar refractivity (Wildman–Crippen MR) is 183 cm³/mol. The van der Waals surface area contributed by atoms with Gasteiger partial charge >= 0.3 is 0 Å². The molecule has 0 aliphatic carbocycles. The van der Waals surface area contributed by atoms with E-state index in [1.165, 1.54) is 11.3 Å². The van der Waals surface area contributed by atoms with Crippen molar-refractivity contribution in [2.24, 2.45) is 0 Å². The van der Waals surface area contributed by atoms with E-state index >= 15 is 0 Å². The van der Waals surface area contributed by atoms with Crippen molar-refractivity contribution >= 4 is 54.5 Å². The average molecular weight is 669 g/mol. The molecule has 3 aromatic carbocycles. The molecule has 3 N–H and O–H groups in total. The maximum atomic E-state index is 13.9. The maximum Gasteiger partial charge on any atom is 0.262 e. The van der Waals surface area contributed by atoms with Crippen LogP contribution in [0.2, 0.25) is 0 Å². The number of piperazine rings is 1. The number of hydrogen-bond acceptors (Lipinski definition) is 11. The lowest BCUT2D eigenvalue weighted by Gasteiger charge is -2.33. The van der Waals surface area contributed by atoms with E-state index in [0.29, 0.717) is 40.7 Å². The number of sulfonamides is 1. The number of nitrogens with one attached hydrogen (secondary N) is 2. The summed E-state index contributed by atoms with van der Waals surface area (Å²) in [6, 6.07) is 16.0. The molecule has 1 aliphatic heterocycles. The number of aliphatic hydroxyl groups is 1. The van der Waals surface area contributed by atoms with E-state index in [4.69, 9.17) is 14.6 Å². The van der Waals surface area contributed by atoms with Gasteiger partial charge in [0, 0.05) is 81.3 Å². The van der Waals surface area contributed by atoms with Crippen molar-refractivity contribution in [3.05, 3.63) is 60.0 Å². The Labute approximate surface area is 273 Å². The highest BCUT2D eigenvalue weighted by Crippen LogP contribution is 2.36. The van der Waals surface area contributed by atoms with Crippen LogP contribution < -0.4 is 19.7 Å². The molecule has 1 fully saturated rings. The van der Waals surface area contributed by atoms with Gasteiger partial charge in [-0.15, -0.1) is 11.3 Å². The topological polar surface area (TPSA) is 137 Å². The number of benzene rings is 3. The molecule has 1 aliphatic rings. The van der Waals surface area contributed by atoms with Gasteiger partial charge in [-0.2, -0.15) is 0 Å². The Bertz CT molecular complexity index is 1760. The molecule has 0 saturated carbocycles. The summed E-state index contributed by atoms with van der Waals surface area (Å²) >= 11 is 1.30. The van der Waals surface area contributed by atoms with Crippen molar-refractivity contribution in [2.75, 3.05) is 95.2 Å². The highest BCUT2D eigenvalue weighted by molar-refractivity contribution is 7.93. The van der Waals surface area contributed by atoms with E-state index in [-0.39, 0.29) is 36.2 Å². The Morgan fingerprint density at radius 3 is 2.50 bits per heavy atom. The zero-order valence-corrected chi connectivity index (χ0v) is 27.9. The summed E-state index contributed by atoms with van der Waals surface area (Å²) < 4.78 is 41.5. The number of carbonyl (C=O) groups is 1. The number of fused-ring (bicyclic) bond motifs is 1. The first-order chi connectivity index (χ1) is 22.2. The van der Waals surface area contributed by atoms with E-state index in [9.17, 15) is 13.2 Å². The highest BCUT2D eigenvalue weighted by atomic mass is 32.2. The quantitative estimate of drug-likeness (QED) is 0.172. The number of hydrogen-bond donors (Lipinski definition) is 3. The van der Waals surface area contributed by atoms with E-state index in [1.807, 2.05) is 42.6 Å². The Kier molecular flexibility index (Phi) is 11.1. The fourth-order valence-corrected chi connectivity index (χ4v) is 7.38. The molecular weight excluding hydrogens is 629 g/mol. The molecule has 12 nitrogen and oxygen atoms in total. The van der Waals surface area contributed by atoms with Gasteiger partial charge < -0.3 is 24.8 Å². The molecule has 246 valence electrons. The summed E-state index contributed by atoms with van der Waals surface area (Å²) in [6.07, 6.45) is 0. The molecule has 1 aromatic heterocycles. The van der Waals surface area contributed by atoms with Crippen molar-refractivity contribution in [1.82, 2.24) is 14.8 Å². The lowest BCUT2D eigenvalue weighted by molar-refractivity contribution is -0.117. The lowest BCUT2D eigenvalue weighted by Crippen LogP contribution is -2.49. The van der Waals surface area contributed by atoms with Gasteiger partial charge in [0.25, 0.3) is 10.0 Å². The van der Waals surface area contributed by atoms with Crippen LogP contribution in [-0.2, 0) is 19.6 Å². The Balaban J connectivity index is 1.35. The van der Waals surface area contributed by atoms with Crippen molar-refractivity contribution < 1.29 is 27.8 Å². The van der Waals surface area contributed by atoms with Gasteiger partial charge in [-0.3, -0.25) is 19.3 Å². The lowest BCUT2D eigenvalue weighted by atomic mass is 10.1. The van der Waals surface area contributed by atoms with Crippen LogP contribution in [0, 0.1) is 0 Å². The highest BCUT2D eigenvalue weighted by Gasteiger charge is 2.22. The number of anilines is 3. The van der Waals surface area contributed by atoms with Gasteiger partial charge in [-0.1, -0.05) is 24.3 Å². The van der Waals surface area contributed by atoms with Gasteiger partial charge in [0.15, 0.2) is 5.13 Å². The van der Waals surface area contributed by atoms with Gasteiger partial charge in [0.05, 0.1) is 36.0 Å². The van der Waals surface area contributed by atoms with Gasteiger partial charge in [-0.25, -0.2) is 13.4 Å². The second-order valence-corrected chi connectivity index (χ2v) is 13.6. The largest absolute Gasteiger partial charge is 0.489 e. The maximum absolute atomic E-state index is 13.9. The van der Waals surface area contributed by atoms with E-state index in [2.05, 4.69) is 24.8 Å². The van der Waals surface area contributed by atoms with Crippen LogP contribution in [0.3, 0.4) is 0 Å². The third-order valence-electron chi connectivity index (χ3n) is 7.69. The molecule has 5 rings (SSSR count). The first-order valence-electron chi connectivity index (χ1n) is 15.0. The molecule has 2 heterocycles. The minimum atomic E-state index is -4.04. The Morgan fingerprint density at radius 2 is 1.76 bits per heavy atom. The van der Waals surface area contributed by atoms with Crippen LogP contribution in [0.25, 0.3) is 22.0 Å². The predicted octanol–water partition coefficient (Wildman–Crippen LogP) is 3.40. The SMILES string of the molecule is COCCOc1ccc(-c2csc(NC(=O)CN3CCN(CCO)CC3)n2)cc1NS(=O)(=O)c1cccc2c(N(C)C)cccc12. The number of aromatic nitrogens is 1. The zero-order valence-electron chi connectivity index (χ0n) is 26.2. The number of rotatable bonds is 14. The molecule has 4 aromatic rings. The van der Waals surface area contributed by atoms with Gasteiger partial charge in [-0.05, 0) is 30.3 Å². The minimum Gasteiger partial charge on any atom is -0.489 e. The normalized spacial score (nSPS) is 14.3. The zero-order chi connectivity index (χ0) is 32.7. The summed E-state index contributed by atoms with van der Waals surface area (Å²) in [5, 5.41) is 15.7. The average Bonchev–Trinajstić information content (AvgIpc) is 3.50. The number of carbonyl (C=O) groups excluding carboxylic acids is 1. The fraction of sp³-hybridized carbons (Fsp3) is 0.375. The van der Waals surface area contributed by atoms with Crippen LogP contribution in [0.15, 0.2) is 64.9 Å². The Hall–Kier alpha value is -3.79. The third kappa shape index (κ3) is 8.13. The van der Waals surface area contributed by atoms with Crippen LogP contribution >= 0.6 is 11.3 Å². The number of nitrogens with zero attached hydrogens (tertiary/aromatic N) is 4. The summed E-state index contributed by atoms with van der Waals surface area (Å²) in [6.45, 7) is 4.72. The molecule has 14 heteroatoms. The molecule has 1 saturated heterocycles. The van der Waals surface area contributed by atoms with Crippen LogP contribution in [0.4, 0.5) is 16.5 Å². The Morgan fingerprint density at radius 1 is 1.02 bits per heavy atom. The first kappa shape index (κ1) is 33.6. The van der Waals surface area contributed by atoms with Crippen LogP contribution in [0.1, 0.15) is 0 Å². The first-order valence-corrected chi connectivity index (χ1v) is 17.3. The summed E-state index contributed by atoms with van der Waals surface area (Å²) in [5.41, 5.74) is 2.41. The summed E-state index contributed by atoms with van der Waals surface area (Å²) in [5.74, 6) is 0.195. The molecule has 0 atom stereocenters. The monoisotopic (exact) mass is 668 g/mol. The number of amides is 1. The standard InChI is InChI=1S/C32H40N6O6S2/c1-36(2)28-8-4-7-25-24(28)6-5-9-30(25)46(41,42)35-26-20-23(10-11-29(26)44-19-18-43-3)27-22-45-32(33-27)34-31(40)21-38-14-12-37(13-15-38)16-17-39/h4-11,20,22,35,39H,12-19,21H2,1-3H3,(H,33,34,40). The number of ether oxygens (including phenoxy) is 2. The number of methoxy groups -OCH3 is 1. The molecule has 0 radical (unpaired) electrons. The van der Waals surface area contributed by atoms with Gasteiger partial charge in [0.2, 0.25) is 5.91 Å². The van der Waals surface area contributed by atoms with Crippen LogP contribution in [0.5, 0.6) is 5.75 Å². The molecule has 0 spiro atoms. The fourth-order valence-electron chi connectivity index (χ4n) is 5.36. The smallest absolute Gasteiger partial charge is 0.262 e. The second kappa shape index (κ2) is 15.2. The van der Waals surface area contributed by atoms with E-state index < -0.39 is 10.0 Å².